The van der Waals surface area contributed by atoms with E-state index in [9.17, 15) is 0 Å². The van der Waals surface area contributed by atoms with Gasteiger partial charge in [-0.3, -0.25) is 0 Å². The van der Waals surface area contributed by atoms with Gasteiger partial charge in [0.05, 0.1) is 24.4 Å². The van der Waals surface area contributed by atoms with Gasteiger partial charge in [0.25, 0.3) is 0 Å². The molecular formula is C15H20Br2O2. The van der Waals surface area contributed by atoms with E-state index in [1.807, 2.05) is 6.08 Å². The zero-order chi connectivity index (χ0) is 13.7. The van der Waals surface area contributed by atoms with Crippen LogP contribution in [0.2, 0.25) is 0 Å². The lowest BCUT2D eigenvalue weighted by atomic mass is 9.96. The molecule has 1 saturated heterocycles. The van der Waals surface area contributed by atoms with Crippen LogP contribution < -0.4 is 0 Å². The summed E-state index contributed by atoms with van der Waals surface area (Å²) in [6, 6.07) is 0. The highest BCUT2D eigenvalue weighted by Crippen LogP contribution is 2.32. The van der Waals surface area contributed by atoms with E-state index in [1.165, 1.54) is 0 Å². The van der Waals surface area contributed by atoms with Gasteiger partial charge in [-0.2, -0.15) is 0 Å². The third-order valence-electron chi connectivity index (χ3n) is 3.63. The minimum atomic E-state index is 0.0827. The molecule has 0 aromatic rings. The molecule has 0 unspecified atom stereocenters. The normalized spacial score (nSPS) is 40.3. The van der Waals surface area contributed by atoms with Gasteiger partial charge in [-0.15, -0.1) is 5.73 Å². The van der Waals surface area contributed by atoms with Crippen molar-refractivity contribution < 1.29 is 9.47 Å². The first kappa shape index (κ1) is 15.5. The molecule has 0 amide bonds. The summed E-state index contributed by atoms with van der Waals surface area (Å²) >= 11 is 6.97. The molecule has 0 aromatic heterocycles. The maximum absolute atomic E-state index is 6.20. The first-order valence-corrected chi connectivity index (χ1v) is 8.69. The lowest BCUT2D eigenvalue weighted by molar-refractivity contribution is -0.146. The summed E-state index contributed by atoms with van der Waals surface area (Å²) in [5.41, 5.74) is 3.05. The molecule has 106 valence electrons. The van der Waals surface area contributed by atoms with Crippen LogP contribution in [0, 0.1) is 0 Å². The van der Waals surface area contributed by atoms with Crippen molar-refractivity contribution in [3.05, 3.63) is 28.9 Å². The maximum Gasteiger partial charge on any atom is 0.0876 e. The lowest BCUT2D eigenvalue weighted by Gasteiger charge is -2.40. The van der Waals surface area contributed by atoms with E-state index in [4.69, 9.17) is 9.47 Å². The third-order valence-corrected chi connectivity index (χ3v) is 4.85. The Labute approximate surface area is 132 Å². The summed E-state index contributed by atoms with van der Waals surface area (Å²) in [4.78, 5) is 2.12. The van der Waals surface area contributed by atoms with Crippen LogP contribution in [0.3, 0.4) is 0 Å². The highest BCUT2D eigenvalue weighted by Gasteiger charge is 2.37. The molecule has 0 bridgehead atoms. The average Bonchev–Trinajstić information content (AvgIpc) is 2.39. The summed E-state index contributed by atoms with van der Waals surface area (Å²) in [5, 5.41) is 0. The van der Waals surface area contributed by atoms with Crippen LogP contribution in [0.15, 0.2) is 28.9 Å². The Hall–Kier alpha value is 0.140. The number of halogens is 2. The van der Waals surface area contributed by atoms with Crippen molar-refractivity contribution in [2.24, 2.45) is 0 Å². The Morgan fingerprint density at radius 3 is 2.79 bits per heavy atom. The molecule has 2 rings (SSSR count). The first-order chi connectivity index (χ1) is 9.24. The second-order valence-electron chi connectivity index (χ2n) is 4.97. The predicted octanol–water partition coefficient (Wildman–Crippen LogP) is 4.48. The Morgan fingerprint density at radius 1 is 1.26 bits per heavy atom. The minimum Gasteiger partial charge on any atom is -0.371 e. The average molecular weight is 392 g/mol. The molecule has 0 spiro atoms. The van der Waals surface area contributed by atoms with Crippen LogP contribution in [0.25, 0.3) is 0 Å². The maximum atomic E-state index is 6.20. The minimum absolute atomic E-state index is 0.0827. The van der Waals surface area contributed by atoms with E-state index in [0.717, 1.165) is 25.7 Å². The Balaban J connectivity index is 2.08. The molecular weight excluding hydrogens is 372 g/mol. The van der Waals surface area contributed by atoms with Gasteiger partial charge in [0.2, 0.25) is 0 Å². The van der Waals surface area contributed by atoms with Gasteiger partial charge in [-0.05, 0) is 31.8 Å². The predicted molar refractivity (Wildman–Crippen MR) is 84.9 cm³/mol. The van der Waals surface area contributed by atoms with E-state index in [0.29, 0.717) is 10.9 Å². The molecule has 5 atom stereocenters. The molecule has 2 aliphatic heterocycles. The van der Waals surface area contributed by atoms with Crippen LogP contribution in [-0.4, -0.2) is 29.2 Å². The largest absolute Gasteiger partial charge is 0.371 e. The van der Waals surface area contributed by atoms with E-state index in [-0.39, 0.29) is 18.3 Å². The standard InChI is InChI=1S/C15H20Br2O2/c1-2-13-12(17)10-15-14(19-13)8-4-3-6-11(18-15)7-5-9-16/h3-4,7,9,11-15H,2,6,8,10H2,1H3/b4-3-/t5?,11-,12-,13+,14-,15-/m1/s1. The van der Waals surface area contributed by atoms with Gasteiger partial charge in [-0.25, -0.2) is 0 Å². The summed E-state index contributed by atoms with van der Waals surface area (Å²) in [7, 11) is 0. The molecule has 0 saturated carbocycles. The summed E-state index contributed by atoms with van der Waals surface area (Å²) in [6.45, 7) is 2.17. The molecule has 2 aliphatic rings. The topological polar surface area (TPSA) is 18.5 Å². The number of ether oxygens (including phenoxy) is 2. The molecule has 0 radical (unpaired) electrons. The molecule has 2 heterocycles. The SMILES string of the molecule is CC[C@@H]1O[C@@H]2C/C=C\C[C@H](C=C=CBr)O[C@@H]2C[C@H]1Br. The zero-order valence-electron chi connectivity index (χ0n) is 11.1. The summed E-state index contributed by atoms with van der Waals surface area (Å²) < 4.78 is 12.4. The number of hydrogen-bond acceptors (Lipinski definition) is 2. The van der Waals surface area contributed by atoms with Crippen LogP contribution in [0.4, 0.5) is 0 Å². The summed E-state index contributed by atoms with van der Waals surface area (Å²) in [5.74, 6) is 0. The highest BCUT2D eigenvalue weighted by atomic mass is 79.9. The van der Waals surface area contributed by atoms with Gasteiger partial charge < -0.3 is 9.47 Å². The van der Waals surface area contributed by atoms with Gasteiger partial charge in [0.15, 0.2) is 0 Å². The van der Waals surface area contributed by atoms with Crippen molar-refractivity contribution in [2.45, 2.75) is 61.9 Å². The Kier molecular flexibility index (Phi) is 6.37. The Morgan fingerprint density at radius 2 is 2.05 bits per heavy atom. The zero-order valence-corrected chi connectivity index (χ0v) is 14.3. The molecule has 1 fully saturated rings. The van der Waals surface area contributed by atoms with E-state index in [2.05, 4.69) is 56.7 Å². The quantitative estimate of drug-likeness (QED) is 0.392. The van der Waals surface area contributed by atoms with Crippen molar-refractivity contribution in [1.82, 2.24) is 0 Å². The smallest absolute Gasteiger partial charge is 0.0876 e. The van der Waals surface area contributed by atoms with Crippen LogP contribution in [0.5, 0.6) is 0 Å². The van der Waals surface area contributed by atoms with Gasteiger partial charge >= 0.3 is 0 Å². The molecule has 2 nitrogen and oxygen atoms in total. The van der Waals surface area contributed by atoms with Crippen LogP contribution >= 0.6 is 31.9 Å². The number of fused-ring (bicyclic) bond motifs is 1. The van der Waals surface area contributed by atoms with Gasteiger partial charge in [0.1, 0.15) is 0 Å². The van der Waals surface area contributed by atoms with E-state index in [1.54, 1.807) is 4.99 Å². The van der Waals surface area contributed by atoms with Crippen LogP contribution in [-0.2, 0) is 9.47 Å². The Bertz CT molecular complexity index is 374. The molecule has 19 heavy (non-hydrogen) atoms. The fourth-order valence-electron chi connectivity index (χ4n) is 2.62. The number of alkyl halides is 1. The highest BCUT2D eigenvalue weighted by molar-refractivity contribution is 9.11. The molecule has 4 heteroatoms. The monoisotopic (exact) mass is 390 g/mol. The van der Waals surface area contributed by atoms with Crippen molar-refractivity contribution in [3.63, 3.8) is 0 Å². The van der Waals surface area contributed by atoms with E-state index >= 15 is 0 Å². The van der Waals surface area contributed by atoms with Gasteiger partial charge in [0, 0.05) is 9.81 Å². The number of rotatable bonds is 2. The van der Waals surface area contributed by atoms with Crippen molar-refractivity contribution in [3.8, 4) is 0 Å². The van der Waals surface area contributed by atoms with Crippen molar-refractivity contribution >= 4 is 31.9 Å². The van der Waals surface area contributed by atoms with Crippen molar-refractivity contribution in [2.75, 3.05) is 0 Å². The lowest BCUT2D eigenvalue weighted by Crippen LogP contribution is -2.47. The molecule has 0 aliphatic carbocycles. The van der Waals surface area contributed by atoms with E-state index < -0.39 is 0 Å². The van der Waals surface area contributed by atoms with Gasteiger partial charge in [-0.1, -0.05) is 50.9 Å². The second-order valence-corrected chi connectivity index (χ2v) is 6.61. The summed E-state index contributed by atoms with van der Waals surface area (Å²) in [6.07, 6.45) is 11.0. The number of hydrogen-bond donors (Lipinski definition) is 0. The fraction of sp³-hybridized carbons (Fsp3) is 0.667. The van der Waals surface area contributed by atoms with Crippen molar-refractivity contribution in [1.29, 1.82) is 0 Å². The molecule has 0 N–H and O–H groups in total. The second kappa shape index (κ2) is 7.80. The third kappa shape index (κ3) is 4.30. The molecule has 0 aromatic carbocycles. The van der Waals surface area contributed by atoms with Crippen LogP contribution in [0.1, 0.15) is 32.6 Å². The first-order valence-electron chi connectivity index (χ1n) is 6.85. The fourth-order valence-corrected chi connectivity index (χ4v) is 3.64.